The van der Waals surface area contributed by atoms with Gasteiger partial charge in [-0.05, 0) is 31.2 Å². The van der Waals surface area contributed by atoms with Crippen LogP contribution < -0.4 is 10.6 Å². The monoisotopic (exact) mass is 343 g/mol. The molecule has 4 unspecified atom stereocenters. The zero-order chi connectivity index (χ0) is 17.8. The number of amides is 2. The van der Waals surface area contributed by atoms with Gasteiger partial charge < -0.3 is 10.6 Å². The minimum absolute atomic E-state index is 0.0309. The van der Waals surface area contributed by atoms with Gasteiger partial charge in [0.2, 0.25) is 11.8 Å². The van der Waals surface area contributed by atoms with E-state index >= 15 is 0 Å². The molecule has 3 rings (SSSR count). The number of benzene rings is 1. The van der Waals surface area contributed by atoms with Gasteiger partial charge in [-0.25, -0.2) is 0 Å². The van der Waals surface area contributed by atoms with E-state index in [0.29, 0.717) is 24.9 Å². The van der Waals surface area contributed by atoms with Crippen LogP contribution in [0.2, 0.25) is 0 Å². The highest BCUT2D eigenvalue weighted by Crippen LogP contribution is 2.37. The highest BCUT2D eigenvalue weighted by Gasteiger charge is 2.38. The van der Waals surface area contributed by atoms with Gasteiger partial charge in [0, 0.05) is 44.1 Å². The van der Waals surface area contributed by atoms with Crippen LogP contribution in [0.3, 0.4) is 0 Å². The molecule has 1 saturated carbocycles. The Kier molecular flexibility index (Phi) is 5.74. The molecule has 25 heavy (non-hydrogen) atoms. The first kappa shape index (κ1) is 17.9. The van der Waals surface area contributed by atoms with Crippen molar-refractivity contribution < 1.29 is 9.59 Å². The largest absolute Gasteiger partial charge is 0.355 e. The molecule has 0 radical (unpaired) electrons. The van der Waals surface area contributed by atoms with E-state index in [0.717, 1.165) is 25.9 Å². The second-order valence-corrected chi connectivity index (χ2v) is 7.50. The van der Waals surface area contributed by atoms with E-state index in [2.05, 4.69) is 53.6 Å². The number of rotatable bonds is 7. The summed E-state index contributed by atoms with van der Waals surface area (Å²) in [6, 6.07) is 11.0. The number of nitrogens with one attached hydrogen (secondary N) is 2. The quantitative estimate of drug-likeness (QED) is 0.797. The average Bonchev–Trinajstić information content (AvgIpc) is 3.17. The van der Waals surface area contributed by atoms with E-state index < -0.39 is 0 Å². The lowest BCUT2D eigenvalue weighted by Gasteiger charge is -2.24. The second-order valence-electron chi connectivity index (χ2n) is 7.50. The van der Waals surface area contributed by atoms with Gasteiger partial charge in [0.25, 0.3) is 0 Å². The van der Waals surface area contributed by atoms with Gasteiger partial charge in [0.1, 0.15) is 0 Å². The second kappa shape index (κ2) is 8.00. The van der Waals surface area contributed by atoms with Gasteiger partial charge in [-0.1, -0.05) is 37.3 Å². The van der Waals surface area contributed by atoms with E-state index in [1.807, 2.05) is 6.07 Å². The summed E-state index contributed by atoms with van der Waals surface area (Å²) in [7, 11) is 0. The van der Waals surface area contributed by atoms with Crippen molar-refractivity contribution in [2.75, 3.05) is 19.6 Å². The Morgan fingerprint density at radius 1 is 1.28 bits per heavy atom. The van der Waals surface area contributed by atoms with E-state index in [9.17, 15) is 9.59 Å². The topological polar surface area (TPSA) is 61.4 Å². The zero-order valence-corrected chi connectivity index (χ0v) is 15.2. The lowest BCUT2D eigenvalue weighted by atomic mass is 10.1. The standard InChI is InChI=1S/C20H29N3O2/c1-14-12-18(14)20(25)21-10-8-19(24)22-17-9-11-23(13-17)15(2)16-6-4-3-5-7-16/h3-7,14-15,17-18H,8-13H2,1-2H3,(H,21,25)(H,22,24). The lowest BCUT2D eigenvalue weighted by Crippen LogP contribution is -2.39. The molecule has 2 amide bonds. The number of likely N-dealkylation sites (tertiary alicyclic amines) is 1. The fraction of sp³-hybridized carbons (Fsp3) is 0.600. The third kappa shape index (κ3) is 4.82. The molecule has 1 aliphatic carbocycles. The molecule has 2 aliphatic rings. The highest BCUT2D eigenvalue weighted by atomic mass is 16.2. The summed E-state index contributed by atoms with van der Waals surface area (Å²) < 4.78 is 0. The van der Waals surface area contributed by atoms with E-state index in [1.54, 1.807) is 0 Å². The molecule has 2 fully saturated rings. The lowest BCUT2D eigenvalue weighted by molar-refractivity contribution is -0.123. The minimum Gasteiger partial charge on any atom is -0.355 e. The van der Waals surface area contributed by atoms with Crippen molar-refractivity contribution in [3.05, 3.63) is 35.9 Å². The van der Waals surface area contributed by atoms with Crippen molar-refractivity contribution in [2.24, 2.45) is 11.8 Å². The molecule has 1 heterocycles. The molecule has 0 aromatic heterocycles. The summed E-state index contributed by atoms with van der Waals surface area (Å²) >= 11 is 0. The van der Waals surface area contributed by atoms with Gasteiger partial charge in [-0.2, -0.15) is 0 Å². The van der Waals surface area contributed by atoms with Crippen LogP contribution in [0, 0.1) is 11.8 Å². The van der Waals surface area contributed by atoms with Crippen LogP contribution >= 0.6 is 0 Å². The third-order valence-corrected chi connectivity index (χ3v) is 5.51. The predicted molar refractivity (Wildman–Crippen MR) is 97.9 cm³/mol. The van der Waals surface area contributed by atoms with Crippen LogP contribution in [-0.2, 0) is 9.59 Å². The number of nitrogens with zero attached hydrogens (tertiary/aromatic N) is 1. The van der Waals surface area contributed by atoms with E-state index in [-0.39, 0.29) is 23.8 Å². The Balaban J connectivity index is 1.36. The van der Waals surface area contributed by atoms with Gasteiger partial charge in [-0.3, -0.25) is 14.5 Å². The smallest absolute Gasteiger partial charge is 0.223 e. The zero-order valence-electron chi connectivity index (χ0n) is 15.2. The SMILES string of the molecule is CC1CC1C(=O)NCCC(=O)NC1CCN(C(C)c2ccccc2)C1. The van der Waals surface area contributed by atoms with Crippen molar-refractivity contribution >= 4 is 11.8 Å². The molecule has 136 valence electrons. The van der Waals surface area contributed by atoms with Crippen molar-refractivity contribution in [1.82, 2.24) is 15.5 Å². The maximum absolute atomic E-state index is 12.1. The first-order valence-corrected chi connectivity index (χ1v) is 9.40. The Morgan fingerprint density at radius 2 is 2.00 bits per heavy atom. The molecule has 4 atom stereocenters. The first-order valence-electron chi connectivity index (χ1n) is 9.40. The molecule has 5 nitrogen and oxygen atoms in total. The number of carbonyl (C=O) groups is 2. The van der Waals surface area contributed by atoms with Gasteiger partial charge in [-0.15, -0.1) is 0 Å². The Bertz CT molecular complexity index is 604. The third-order valence-electron chi connectivity index (χ3n) is 5.51. The highest BCUT2D eigenvalue weighted by molar-refractivity contribution is 5.82. The normalized spacial score (nSPS) is 26.9. The van der Waals surface area contributed by atoms with Crippen molar-refractivity contribution in [3.8, 4) is 0 Å². The van der Waals surface area contributed by atoms with E-state index in [4.69, 9.17) is 0 Å². The van der Waals surface area contributed by atoms with Gasteiger partial charge >= 0.3 is 0 Å². The van der Waals surface area contributed by atoms with Crippen LogP contribution in [0.1, 0.15) is 44.7 Å². The maximum atomic E-state index is 12.1. The average molecular weight is 343 g/mol. The Hall–Kier alpha value is -1.88. The molecule has 5 heteroatoms. The van der Waals surface area contributed by atoms with E-state index in [1.165, 1.54) is 5.56 Å². The van der Waals surface area contributed by atoms with Crippen molar-refractivity contribution in [2.45, 2.75) is 45.2 Å². The Morgan fingerprint density at radius 3 is 2.68 bits per heavy atom. The minimum atomic E-state index is 0.0309. The van der Waals surface area contributed by atoms with Crippen LogP contribution in [0.5, 0.6) is 0 Å². The molecular weight excluding hydrogens is 314 g/mol. The Labute approximate surface area is 150 Å². The molecule has 1 aliphatic heterocycles. The molecule has 1 aromatic carbocycles. The van der Waals surface area contributed by atoms with Crippen LogP contribution in [0.15, 0.2) is 30.3 Å². The van der Waals surface area contributed by atoms with Gasteiger partial charge in [0.15, 0.2) is 0 Å². The molecular formula is C20H29N3O2. The maximum Gasteiger partial charge on any atom is 0.223 e. The van der Waals surface area contributed by atoms with Crippen LogP contribution in [0.4, 0.5) is 0 Å². The molecule has 1 aromatic rings. The number of hydrogen-bond donors (Lipinski definition) is 2. The fourth-order valence-electron chi connectivity index (χ4n) is 3.62. The summed E-state index contributed by atoms with van der Waals surface area (Å²) in [6.07, 6.45) is 2.32. The van der Waals surface area contributed by atoms with Gasteiger partial charge in [0.05, 0.1) is 0 Å². The number of carbonyl (C=O) groups excluding carboxylic acids is 2. The van der Waals surface area contributed by atoms with Crippen molar-refractivity contribution in [1.29, 1.82) is 0 Å². The predicted octanol–water partition coefficient (Wildman–Crippen LogP) is 2.10. The molecule has 1 saturated heterocycles. The van der Waals surface area contributed by atoms with Crippen molar-refractivity contribution in [3.63, 3.8) is 0 Å². The fourth-order valence-corrected chi connectivity index (χ4v) is 3.62. The molecule has 2 N–H and O–H groups in total. The number of hydrogen-bond acceptors (Lipinski definition) is 3. The molecule has 0 bridgehead atoms. The van der Waals surface area contributed by atoms with Crippen LogP contribution in [0.25, 0.3) is 0 Å². The summed E-state index contributed by atoms with van der Waals surface area (Å²) in [6.45, 7) is 6.61. The summed E-state index contributed by atoms with van der Waals surface area (Å²) in [5.41, 5.74) is 1.31. The summed E-state index contributed by atoms with van der Waals surface area (Å²) in [5, 5.41) is 5.98. The summed E-state index contributed by atoms with van der Waals surface area (Å²) in [5.74, 6) is 0.809. The van der Waals surface area contributed by atoms with Crippen LogP contribution in [-0.4, -0.2) is 42.4 Å². The molecule has 0 spiro atoms. The summed E-state index contributed by atoms with van der Waals surface area (Å²) in [4.78, 5) is 26.3. The first-order chi connectivity index (χ1) is 12.0.